The Morgan fingerprint density at radius 3 is 2.71 bits per heavy atom. The number of rotatable bonds is 5. The minimum absolute atomic E-state index is 0.554. The van der Waals surface area contributed by atoms with Crippen LogP contribution in [0.25, 0.3) is 20.2 Å². The molecule has 3 aromatic rings. The number of nitrogens with zero attached hydrogens (tertiary/aromatic N) is 1. The van der Waals surface area contributed by atoms with E-state index in [1.807, 2.05) is 11.3 Å². The third-order valence-corrected chi connectivity index (χ3v) is 4.75. The summed E-state index contributed by atoms with van der Waals surface area (Å²) in [5.41, 5.74) is 1.42. The largest absolute Gasteiger partial charge is 0.297 e. The summed E-state index contributed by atoms with van der Waals surface area (Å²) in [5.74, 6) is 0.554. The van der Waals surface area contributed by atoms with Crippen molar-refractivity contribution in [2.24, 2.45) is 10.9 Å². The first-order valence-corrected chi connectivity index (χ1v) is 8.46. The Hall–Kier alpha value is -1.67. The predicted molar refractivity (Wildman–Crippen MR) is 95.8 cm³/mol. The van der Waals surface area contributed by atoms with Gasteiger partial charge < -0.3 is 0 Å². The van der Waals surface area contributed by atoms with E-state index in [2.05, 4.69) is 67.5 Å². The van der Waals surface area contributed by atoms with Gasteiger partial charge in [0.05, 0.1) is 0 Å². The Labute approximate surface area is 130 Å². The van der Waals surface area contributed by atoms with E-state index in [4.69, 9.17) is 0 Å². The van der Waals surface area contributed by atoms with Crippen molar-refractivity contribution in [3.63, 3.8) is 0 Å². The Morgan fingerprint density at radius 2 is 1.86 bits per heavy atom. The first-order valence-electron chi connectivity index (χ1n) is 7.64. The molecule has 0 saturated heterocycles. The zero-order valence-electron chi connectivity index (χ0n) is 12.7. The molecular weight excluding hydrogens is 274 g/mol. The summed E-state index contributed by atoms with van der Waals surface area (Å²) in [6.45, 7) is 5.26. The van der Waals surface area contributed by atoms with Crippen LogP contribution in [0.4, 0.5) is 0 Å². The molecule has 21 heavy (non-hydrogen) atoms. The van der Waals surface area contributed by atoms with Gasteiger partial charge in [-0.2, -0.15) is 0 Å². The van der Waals surface area contributed by atoms with Crippen LogP contribution in [0, 0.1) is 5.92 Å². The van der Waals surface area contributed by atoms with Crippen LogP contribution in [-0.2, 0) is 6.42 Å². The maximum absolute atomic E-state index is 4.47. The molecule has 0 spiro atoms. The van der Waals surface area contributed by atoms with E-state index in [0.29, 0.717) is 5.92 Å². The van der Waals surface area contributed by atoms with Gasteiger partial charge in [-0.1, -0.05) is 38.1 Å². The van der Waals surface area contributed by atoms with E-state index in [1.165, 1.54) is 25.7 Å². The van der Waals surface area contributed by atoms with Crippen molar-refractivity contribution in [2.45, 2.75) is 26.7 Å². The second-order valence-corrected chi connectivity index (χ2v) is 6.92. The molecule has 0 aliphatic carbocycles. The molecule has 1 nitrogen and oxygen atoms in total. The molecule has 0 unspecified atom stereocenters. The monoisotopic (exact) mass is 295 g/mol. The molecule has 0 saturated carbocycles. The standard InChI is InChI=1S/C19H21NS/c1-14(2)13-20-11-5-6-15-9-10-19-17(12-15)16-7-3-4-8-18(16)21-19/h3-4,7-10,12-14H,5-6,11H2,1-2H3. The van der Waals surface area contributed by atoms with E-state index in [9.17, 15) is 0 Å². The number of hydrogen-bond acceptors (Lipinski definition) is 2. The minimum Gasteiger partial charge on any atom is -0.297 e. The van der Waals surface area contributed by atoms with Crippen LogP contribution in [-0.4, -0.2) is 12.8 Å². The summed E-state index contributed by atoms with van der Waals surface area (Å²) in [4.78, 5) is 4.47. The molecule has 0 bridgehead atoms. The van der Waals surface area contributed by atoms with E-state index in [-0.39, 0.29) is 0 Å². The molecule has 0 fully saturated rings. The summed E-state index contributed by atoms with van der Waals surface area (Å²) in [6.07, 6.45) is 4.28. The van der Waals surface area contributed by atoms with Crippen LogP contribution in [0.2, 0.25) is 0 Å². The Bertz CT molecular complexity index is 767. The van der Waals surface area contributed by atoms with E-state index < -0.39 is 0 Å². The number of fused-ring (bicyclic) bond motifs is 3. The third kappa shape index (κ3) is 3.33. The van der Waals surface area contributed by atoms with Crippen LogP contribution < -0.4 is 0 Å². The lowest BCUT2D eigenvalue weighted by Gasteiger charge is -2.01. The second-order valence-electron chi connectivity index (χ2n) is 5.83. The molecule has 0 amide bonds. The second kappa shape index (κ2) is 6.40. The van der Waals surface area contributed by atoms with Gasteiger partial charge in [0.1, 0.15) is 0 Å². The lowest BCUT2D eigenvalue weighted by Crippen LogP contribution is -1.92. The Kier molecular flexibility index (Phi) is 4.35. The summed E-state index contributed by atoms with van der Waals surface area (Å²) >= 11 is 1.88. The van der Waals surface area contributed by atoms with Crippen molar-refractivity contribution in [3.05, 3.63) is 48.0 Å². The van der Waals surface area contributed by atoms with Crippen LogP contribution in [0.15, 0.2) is 47.5 Å². The summed E-state index contributed by atoms with van der Waals surface area (Å²) in [5, 5.41) is 2.79. The number of thiophene rings is 1. The van der Waals surface area contributed by atoms with Crippen molar-refractivity contribution in [3.8, 4) is 0 Å². The van der Waals surface area contributed by atoms with Crippen LogP contribution >= 0.6 is 11.3 Å². The molecular formula is C19H21NS. The summed E-state index contributed by atoms with van der Waals surface area (Å²) in [7, 11) is 0. The van der Waals surface area contributed by atoms with Gasteiger partial charge in [0.2, 0.25) is 0 Å². The molecule has 108 valence electrons. The lowest BCUT2D eigenvalue weighted by atomic mass is 10.1. The van der Waals surface area contributed by atoms with Crippen molar-refractivity contribution < 1.29 is 0 Å². The summed E-state index contributed by atoms with van der Waals surface area (Å²) in [6, 6.07) is 15.6. The highest BCUT2D eigenvalue weighted by atomic mass is 32.1. The van der Waals surface area contributed by atoms with Crippen LogP contribution in [0.3, 0.4) is 0 Å². The highest BCUT2D eigenvalue weighted by molar-refractivity contribution is 7.25. The molecule has 2 aromatic carbocycles. The third-order valence-electron chi connectivity index (χ3n) is 3.60. The van der Waals surface area contributed by atoms with Gasteiger partial charge in [-0.3, -0.25) is 4.99 Å². The average molecular weight is 295 g/mol. The molecule has 0 atom stereocenters. The number of aryl methyl sites for hydroxylation is 1. The molecule has 1 heterocycles. The molecule has 0 N–H and O–H groups in total. The highest BCUT2D eigenvalue weighted by Crippen LogP contribution is 2.34. The molecule has 0 aliphatic rings. The molecule has 0 aliphatic heterocycles. The van der Waals surface area contributed by atoms with Crippen molar-refractivity contribution in [1.29, 1.82) is 0 Å². The normalized spacial score (nSPS) is 12.1. The highest BCUT2D eigenvalue weighted by Gasteiger charge is 2.04. The van der Waals surface area contributed by atoms with Gasteiger partial charge in [-0.15, -0.1) is 11.3 Å². The smallest absolute Gasteiger partial charge is 0.0388 e. The maximum Gasteiger partial charge on any atom is 0.0388 e. The maximum atomic E-state index is 4.47. The van der Waals surface area contributed by atoms with Gasteiger partial charge in [-0.25, -0.2) is 0 Å². The first-order chi connectivity index (χ1) is 10.2. The van der Waals surface area contributed by atoms with Gasteiger partial charge in [0.15, 0.2) is 0 Å². The quantitative estimate of drug-likeness (QED) is 0.422. The molecule has 0 radical (unpaired) electrons. The fourth-order valence-corrected chi connectivity index (χ4v) is 3.67. The first kappa shape index (κ1) is 14.3. The topological polar surface area (TPSA) is 12.4 Å². The molecule has 2 heteroatoms. The average Bonchev–Trinajstić information content (AvgIpc) is 2.84. The fourth-order valence-electron chi connectivity index (χ4n) is 2.59. The van der Waals surface area contributed by atoms with E-state index in [1.54, 1.807) is 0 Å². The van der Waals surface area contributed by atoms with E-state index in [0.717, 1.165) is 19.4 Å². The van der Waals surface area contributed by atoms with Gasteiger partial charge in [-0.05, 0) is 42.5 Å². The molecule has 1 aromatic heterocycles. The van der Waals surface area contributed by atoms with E-state index >= 15 is 0 Å². The van der Waals surface area contributed by atoms with Gasteiger partial charge in [0, 0.05) is 32.9 Å². The zero-order chi connectivity index (χ0) is 14.7. The van der Waals surface area contributed by atoms with Crippen LogP contribution in [0.5, 0.6) is 0 Å². The Morgan fingerprint density at radius 1 is 1.05 bits per heavy atom. The lowest BCUT2D eigenvalue weighted by molar-refractivity contribution is 0.821. The fraction of sp³-hybridized carbons (Fsp3) is 0.316. The number of benzene rings is 2. The molecule has 3 rings (SSSR count). The van der Waals surface area contributed by atoms with Crippen molar-refractivity contribution >= 4 is 37.7 Å². The zero-order valence-corrected chi connectivity index (χ0v) is 13.5. The van der Waals surface area contributed by atoms with Gasteiger partial charge >= 0.3 is 0 Å². The van der Waals surface area contributed by atoms with Crippen molar-refractivity contribution in [1.82, 2.24) is 0 Å². The van der Waals surface area contributed by atoms with Crippen LogP contribution in [0.1, 0.15) is 25.8 Å². The number of aliphatic imine (C=N–C) groups is 1. The predicted octanol–water partition coefficient (Wildman–Crippen LogP) is 5.71. The SMILES string of the molecule is CC(C)C=NCCCc1ccc2sc3ccccc3c2c1. The minimum atomic E-state index is 0.554. The summed E-state index contributed by atoms with van der Waals surface area (Å²) < 4.78 is 2.77. The Balaban J connectivity index is 1.76. The van der Waals surface area contributed by atoms with Crippen molar-refractivity contribution in [2.75, 3.05) is 6.54 Å². The van der Waals surface area contributed by atoms with Gasteiger partial charge in [0.25, 0.3) is 0 Å². The number of hydrogen-bond donors (Lipinski definition) is 0.